The molecule has 10 heteroatoms. The highest BCUT2D eigenvalue weighted by molar-refractivity contribution is 7.89. The van der Waals surface area contributed by atoms with Gasteiger partial charge in [-0.1, -0.05) is 35.0 Å². The molecule has 29 heavy (non-hydrogen) atoms. The Balaban J connectivity index is 1.69. The lowest BCUT2D eigenvalue weighted by atomic mass is 10.0. The second-order valence-corrected chi connectivity index (χ2v) is 10.0. The molecule has 2 N–H and O–H groups in total. The fourth-order valence-corrected chi connectivity index (χ4v) is 6.11. The zero-order chi connectivity index (χ0) is 20.8. The average Bonchev–Trinajstić information content (AvgIpc) is 3.18. The molecule has 3 heterocycles. The molecule has 0 aromatic carbocycles. The summed E-state index contributed by atoms with van der Waals surface area (Å²) in [6.45, 7) is 3.69. The van der Waals surface area contributed by atoms with Crippen molar-refractivity contribution >= 4 is 51.4 Å². The fraction of sp³-hybridized carbons (Fsp3) is 0.316. The Morgan fingerprint density at radius 3 is 2.93 bits per heavy atom. The molecule has 1 fully saturated rings. The van der Waals surface area contributed by atoms with Gasteiger partial charge in [-0.3, -0.25) is 5.41 Å². The summed E-state index contributed by atoms with van der Waals surface area (Å²) in [5.41, 5.74) is 1.20. The number of aromatic nitrogens is 2. The second kappa shape index (κ2) is 7.64. The van der Waals surface area contributed by atoms with Crippen molar-refractivity contribution in [3.63, 3.8) is 0 Å². The Morgan fingerprint density at radius 2 is 2.24 bits per heavy atom. The highest BCUT2D eigenvalue weighted by Gasteiger charge is 2.44. The van der Waals surface area contributed by atoms with E-state index < -0.39 is 16.9 Å². The van der Waals surface area contributed by atoms with Crippen LogP contribution in [0.15, 0.2) is 34.9 Å². The van der Waals surface area contributed by atoms with Gasteiger partial charge in [0.05, 0.1) is 28.3 Å². The lowest BCUT2D eigenvalue weighted by Crippen LogP contribution is -2.60. The van der Waals surface area contributed by atoms with Crippen LogP contribution < -0.4 is 5.32 Å². The van der Waals surface area contributed by atoms with E-state index in [2.05, 4.69) is 21.5 Å². The van der Waals surface area contributed by atoms with Gasteiger partial charge in [-0.2, -0.15) is 9.29 Å². The first-order valence-corrected chi connectivity index (χ1v) is 11.4. The van der Waals surface area contributed by atoms with Crippen molar-refractivity contribution in [2.75, 3.05) is 12.8 Å². The van der Waals surface area contributed by atoms with Gasteiger partial charge in [0.15, 0.2) is 5.75 Å². The van der Waals surface area contributed by atoms with Gasteiger partial charge in [-0.15, -0.1) is 11.3 Å². The number of guanidine groups is 1. The standard InChI is InChI=1S/C19H20ClN5O2S2/c1-11-22-17(24-27-11)13-7-5-4-6-12(8-13)15-9-14(20)16(28-15)19(2)10-29(26)25(3)18(21)23-19/h4,6-9H,5,10H2,1-3H3,(H2,21,23)/t19-,29?/m0/s1. The number of nitrogens with one attached hydrogen (secondary N) is 2. The van der Waals surface area contributed by atoms with Gasteiger partial charge < -0.3 is 14.4 Å². The quantitative estimate of drug-likeness (QED) is 0.690. The van der Waals surface area contributed by atoms with Gasteiger partial charge in [0, 0.05) is 17.4 Å². The monoisotopic (exact) mass is 449 g/mol. The third-order valence-corrected chi connectivity index (χ3v) is 8.24. The first-order chi connectivity index (χ1) is 13.8. The molecule has 4 rings (SSSR count). The Bertz CT molecular complexity index is 1060. The van der Waals surface area contributed by atoms with E-state index in [1.807, 2.05) is 31.2 Å². The summed E-state index contributed by atoms with van der Waals surface area (Å²) in [7, 11) is 1.64. The van der Waals surface area contributed by atoms with Crippen molar-refractivity contribution in [3.8, 4) is 0 Å². The van der Waals surface area contributed by atoms with Crippen LogP contribution in [0, 0.1) is 12.3 Å². The molecule has 0 bridgehead atoms. The van der Waals surface area contributed by atoms with Crippen LogP contribution in [0.3, 0.4) is 0 Å². The van der Waals surface area contributed by atoms with Crippen molar-refractivity contribution in [1.82, 2.24) is 19.8 Å². The summed E-state index contributed by atoms with van der Waals surface area (Å²) in [5.74, 6) is 1.54. The topological polar surface area (TPSA) is 101 Å². The molecule has 1 aliphatic carbocycles. The summed E-state index contributed by atoms with van der Waals surface area (Å²) >= 11 is 6.84. The maximum Gasteiger partial charge on any atom is 0.234 e. The number of hydrogen-bond acceptors (Lipinski definition) is 6. The van der Waals surface area contributed by atoms with Crippen LogP contribution in [0.2, 0.25) is 5.02 Å². The Hall–Kier alpha value is -2.07. The van der Waals surface area contributed by atoms with Crippen LogP contribution in [-0.2, 0) is 16.9 Å². The predicted molar refractivity (Wildman–Crippen MR) is 117 cm³/mol. The summed E-state index contributed by atoms with van der Waals surface area (Å²) in [4.78, 5) is 6.16. The van der Waals surface area contributed by atoms with Crippen molar-refractivity contribution < 1.29 is 9.08 Å². The molecule has 0 radical (unpaired) electrons. The van der Waals surface area contributed by atoms with Gasteiger partial charge >= 0.3 is 0 Å². The lowest BCUT2D eigenvalue weighted by molar-refractivity contribution is 0.391. The minimum Gasteiger partial charge on any atom is -0.593 e. The molecular weight excluding hydrogens is 430 g/mol. The van der Waals surface area contributed by atoms with E-state index in [-0.39, 0.29) is 5.96 Å². The smallest absolute Gasteiger partial charge is 0.234 e. The maximum atomic E-state index is 12.4. The molecule has 1 unspecified atom stereocenters. The van der Waals surface area contributed by atoms with Gasteiger partial charge in [-0.05, 0) is 31.1 Å². The molecule has 1 aliphatic heterocycles. The van der Waals surface area contributed by atoms with Crippen LogP contribution in [0.1, 0.15) is 34.8 Å². The van der Waals surface area contributed by atoms with E-state index in [1.165, 1.54) is 15.6 Å². The zero-order valence-corrected chi connectivity index (χ0v) is 18.5. The molecule has 1 saturated heterocycles. The van der Waals surface area contributed by atoms with E-state index in [4.69, 9.17) is 21.5 Å². The molecule has 0 saturated carbocycles. The number of rotatable bonds is 3. The Kier molecular flexibility index (Phi) is 5.32. The van der Waals surface area contributed by atoms with Gasteiger partial charge in [0.25, 0.3) is 0 Å². The molecule has 2 aromatic heterocycles. The summed E-state index contributed by atoms with van der Waals surface area (Å²) in [6, 6.07) is 1.92. The van der Waals surface area contributed by atoms with Crippen LogP contribution in [0.5, 0.6) is 0 Å². The molecule has 2 aliphatic rings. The Labute approximate surface area is 181 Å². The van der Waals surface area contributed by atoms with Crippen molar-refractivity contribution in [2.45, 2.75) is 25.8 Å². The molecule has 2 aromatic rings. The average molecular weight is 450 g/mol. The summed E-state index contributed by atoms with van der Waals surface area (Å²) in [5, 5.41) is 15.9. The summed E-state index contributed by atoms with van der Waals surface area (Å²) in [6.07, 6.45) is 8.95. The Morgan fingerprint density at radius 1 is 1.45 bits per heavy atom. The second-order valence-electron chi connectivity index (χ2n) is 7.09. The van der Waals surface area contributed by atoms with E-state index in [0.29, 0.717) is 22.5 Å². The number of thiophene rings is 1. The molecule has 0 spiro atoms. The minimum absolute atomic E-state index is 0.120. The van der Waals surface area contributed by atoms with Crippen LogP contribution in [0.25, 0.3) is 11.1 Å². The number of hydrogen-bond donors (Lipinski definition) is 2. The van der Waals surface area contributed by atoms with Crippen molar-refractivity contribution in [3.05, 3.63) is 56.9 Å². The largest absolute Gasteiger partial charge is 0.593 e. The number of aryl methyl sites for hydroxylation is 1. The first kappa shape index (κ1) is 20.2. The molecular formula is C19H20ClN5O2S2. The van der Waals surface area contributed by atoms with Crippen molar-refractivity contribution in [1.29, 1.82) is 5.41 Å². The first-order valence-electron chi connectivity index (χ1n) is 8.95. The highest BCUT2D eigenvalue weighted by atomic mass is 35.5. The minimum atomic E-state index is -1.29. The van der Waals surface area contributed by atoms with Crippen LogP contribution >= 0.6 is 22.9 Å². The van der Waals surface area contributed by atoms with Crippen LogP contribution in [0.4, 0.5) is 0 Å². The normalized spacial score (nSPS) is 24.8. The van der Waals surface area contributed by atoms with E-state index >= 15 is 0 Å². The van der Waals surface area contributed by atoms with Crippen molar-refractivity contribution in [2.24, 2.45) is 0 Å². The maximum absolute atomic E-state index is 12.4. The van der Waals surface area contributed by atoms with E-state index in [9.17, 15) is 4.55 Å². The molecule has 0 amide bonds. The van der Waals surface area contributed by atoms with Gasteiger partial charge in [0.2, 0.25) is 17.7 Å². The number of halogens is 1. The molecule has 152 valence electrons. The number of allylic oxidation sites excluding steroid dienone is 6. The van der Waals surface area contributed by atoms with Gasteiger partial charge in [-0.25, -0.2) is 0 Å². The van der Waals surface area contributed by atoms with Gasteiger partial charge in [0.1, 0.15) is 5.54 Å². The van der Waals surface area contributed by atoms with Crippen LogP contribution in [-0.4, -0.2) is 37.8 Å². The van der Waals surface area contributed by atoms with E-state index in [0.717, 1.165) is 27.3 Å². The zero-order valence-electron chi connectivity index (χ0n) is 16.2. The fourth-order valence-electron chi connectivity index (χ4n) is 3.22. The molecule has 2 atom stereocenters. The predicted octanol–water partition coefficient (Wildman–Crippen LogP) is 3.87. The molecule has 7 nitrogen and oxygen atoms in total. The lowest BCUT2D eigenvalue weighted by Gasteiger charge is -2.39. The summed E-state index contributed by atoms with van der Waals surface area (Å²) < 4.78 is 19.0. The third-order valence-electron chi connectivity index (χ3n) is 4.77. The number of nitrogens with zero attached hydrogens (tertiary/aromatic N) is 3. The third kappa shape index (κ3) is 3.87. The van der Waals surface area contributed by atoms with E-state index in [1.54, 1.807) is 14.0 Å². The SMILES string of the molecule is Cc1nc(C2=CCC=CC(c3cc(Cl)c([C@]4(C)C[S+]([O-])N(C)C(=N)N4)s3)=C2)no1. The highest BCUT2D eigenvalue weighted by Crippen LogP contribution is 2.41.